The van der Waals surface area contributed by atoms with Gasteiger partial charge in [0.2, 0.25) is 10.0 Å². The van der Waals surface area contributed by atoms with Crippen molar-refractivity contribution in [1.82, 2.24) is 19.5 Å². The van der Waals surface area contributed by atoms with Gasteiger partial charge in [0.25, 0.3) is 5.91 Å². The molecule has 3 aromatic rings. The third-order valence-corrected chi connectivity index (χ3v) is 6.00. The van der Waals surface area contributed by atoms with Gasteiger partial charge >= 0.3 is 0 Å². The minimum absolute atomic E-state index is 0.00652. The van der Waals surface area contributed by atoms with E-state index in [1.54, 1.807) is 30.6 Å². The number of rotatable bonds is 6. The molecule has 1 amide bonds. The number of hydrogen-bond donors (Lipinski definition) is 2. The van der Waals surface area contributed by atoms with Crippen molar-refractivity contribution < 1.29 is 13.2 Å². The lowest BCUT2D eigenvalue weighted by atomic mass is 10.2. The average Bonchev–Trinajstić information content (AvgIpc) is 3.36. The van der Waals surface area contributed by atoms with Crippen molar-refractivity contribution in [2.45, 2.75) is 43.7 Å². The van der Waals surface area contributed by atoms with Gasteiger partial charge in [-0.2, -0.15) is 5.10 Å². The van der Waals surface area contributed by atoms with Gasteiger partial charge in [0.15, 0.2) is 5.65 Å². The van der Waals surface area contributed by atoms with Crippen molar-refractivity contribution >= 4 is 32.7 Å². The molecule has 1 saturated carbocycles. The van der Waals surface area contributed by atoms with Crippen LogP contribution in [0, 0.1) is 0 Å². The normalized spacial score (nSPS) is 14.5. The minimum atomic E-state index is -3.61. The molecule has 0 radical (unpaired) electrons. The molecule has 1 aromatic carbocycles. The second kappa shape index (κ2) is 6.99. The molecular weight excluding hydrogens is 378 g/mol. The van der Waals surface area contributed by atoms with Crippen molar-refractivity contribution in [1.29, 1.82) is 0 Å². The smallest absolute Gasteiger partial charge is 0.255 e. The number of aromatic nitrogens is 3. The number of hydrogen-bond acceptors (Lipinski definition) is 5. The summed E-state index contributed by atoms with van der Waals surface area (Å²) in [5, 5.41) is 7.89. The third kappa shape index (κ3) is 3.76. The van der Waals surface area contributed by atoms with Crippen molar-refractivity contribution in [2.24, 2.45) is 0 Å². The second-order valence-electron chi connectivity index (χ2n) is 7.20. The molecule has 2 aromatic heterocycles. The SMILES string of the molecule is CC(C)n1ncc2cc(NC(=O)c3cccc(S(=O)(=O)NC4CC4)c3)cnc21. The zero-order chi connectivity index (χ0) is 19.9. The first kappa shape index (κ1) is 18.6. The fourth-order valence-corrected chi connectivity index (χ4v) is 4.23. The maximum atomic E-state index is 12.6. The number of pyridine rings is 1. The van der Waals surface area contributed by atoms with Gasteiger partial charge in [0.05, 0.1) is 23.0 Å². The van der Waals surface area contributed by atoms with Gasteiger partial charge in [0.1, 0.15) is 0 Å². The Morgan fingerprint density at radius 2 is 2.00 bits per heavy atom. The zero-order valence-corrected chi connectivity index (χ0v) is 16.4. The molecule has 2 heterocycles. The minimum Gasteiger partial charge on any atom is -0.321 e. The van der Waals surface area contributed by atoms with Gasteiger partial charge in [-0.3, -0.25) is 4.79 Å². The van der Waals surface area contributed by atoms with Crippen LogP contribution in [0.15, 0.2) is 47.6 Å². The van der Waals surface area contributed by atoms with E-state index in [0.717, 1.165) is 23.9 Å². The molecule has 1 aliphatic carbocycles. The summed E-state index contributed by atoms with van der Waals surface area (Å²) in [6.07, 6.45) is 4.97. The van der Waals surface area contributed by atoms with E-state index in [1.165, 1.54) is 12.1 Å². The average molecular weight is 399 g/mol. The molecule has 0 aliphatic heterocycles. The van der Waals surface area contributed by atoms with Gasteiger partial charge < -0.3 is 5.32 Å². The maximum absolute atomic E-state index is 12.6. The molecule has 0 atom stereocenters. The lowest BCUT2D eigenvalue weighted by Crippen LogP contribution is -2.26. The van der Waals surface area contributed by atoms with Crippen molar-refractivity contribution in [3.05, 3.63) is 48.3 Å². The van der Waals surface area contributed by atoms with E-state index >= 15 is 0 Å². The molecule has 0 spiro atoms. The van der Waals surface area contributed by atoms with E-state index in [2.05, 4.69) is 20.1 Å². The van der Waals surface area contributed by atoms with Crippen LogP contribution < -0.4 is 10.0 Å². The molecule has 0 bridgehead atoms. The maximum Gasteiger partial charge on any atom is 0.255 e. The van der Waals surface area contributed by atoms with Gasteiger partial charge in [-0.1, -0.05) is 6.07 Å². The van der Waals surface area contributed by atoms with Crippen LogP contribution in [0.25, 0.3) is 11.0 Å². The molecule has 0 unspecified atom stereocenters. The van der Waals surface area contributed by atoms with Gasteiger partial charge in [0, 0.05) is 23.0 Å². The van der Waals surface area contributed by atoms with Crippen molar-refractivity contribution in [3.8, 4) is 0 Å². The first-order valence-corrected chi connectivity index (χ1v) is 10.6. The van der Waals surface area contributed by atoms with Crippen LogP contribution in [0.2, 0.25) is 0 Å². The summed E-state index contributed by atoms with van der Waals surface area (Å²) < 4.78 is 29.1. The van der Waals surface area contributed by atoms with Gasteiger partial charge in [-0.15, -0.1) is 0 Å². The molecule has 1 aliphatic rings. The summed E-state index contributed by atoms with van der Waals surface area (Å²) >= 11 is 0. The van der Waals surface area contributed by atoms with Crippen LogP contribution in [0.3, 0.4) is 0 Å². The topological polar surface area (TPSA) is 106 Å². The molecule has 8 nitrogen and oxygen atoms in total. The fourth-order valence-electron chi connectivity index (χ4n) is 2.88. The number of sulfonamides is 1. The Hall–Kier alpha value is -2.78. The number of nitrogens with one attached hydrogen (secondary N) is 2. The van der Waals surface area contributed by atoms with Gasteiger partial charge in [-0.05, 0) is 51.0 Å². The molecule has 1 fully saturated rings. The number of carbonyl (C=O) groups excluding carboxylic acids is 1. The van der Waals surface area contributed by atoms with Crippen LogP contribution in [0.1, 0.15) is 43.1 Å². The molecule has 4 rings (SSSR count). The van der Waals surface area contributed by atoms with Gasteiger partial charge in [-0.25, -0.2) is 22.8 Å². The number of nitrogens with zero attached hydrogens (tertiary/aromatic N) is 3. The summed E-state index contributed by atoms with van der Waals surface area (Å²) in [5.41, 5.74) is 1.52. The first-order chi connectivity index (χ1) is 13.3. The number of carbonyl (C=O) groups is 1. The highest BCUT2D eigenvalue weighted by Crippen LogP contribution is 2.23. The Kier molecular flexibility index (Phi) is 4.64. The zero-order valence-electron chi connectivity index (χ0n) is 15.6. The van der Waals surface area contributed by atoms with Crippen molar-refractivity contribution in [2.75, 3.05) is 5.32 Å². The summed E-state index contributed by atoms with van der Waals surface area (Å²) in [6.45, 7) is 4.03. The number of benzene rings is 1. The summed E-state index contributed by atoms with van der Waals surface area (Å²) in [4.78, 5) is 17.1. The van der Waals surface area contributed by atoms with Crippen LogP contribution in [0.5, 0.6) is 0 Å². The number of anilines is 1. The largest absolute Gasteiger partial charge is 0.321 e. The van der Waals surface area contributed by atoms with E-state index in [0.29, 0.717) is 5.69 Å². The summed E-state index contributed by atoms with van der Waals surface area (Å²) in [6, 6.07) is 7.98. The third-order valence-electron chi connectivity index (χ3n) is 4.49. The Labute approximate surface area is 163 Å². The first-order valence-electron chi connectivity index (χ1n) is 9.10. The Balaban J connectivity index is 1.55. The predicted octanol–water partition coefficient (Wildman–Crippen LogP) is 2.71. The number of amides is 1. The highest BCUT2D eigenvalue weighted by molar-refractivity contribution is 7.89. The highest BCUT2D eigenvalue weighted by Gasteiger charge is 2.28. The molecule has 9 heteroatoms. The Morgan fingerprint density at radius 3 is 2.71 bits per heavy atom. The summed E-state index contributed by atoms with van der Waals surface area (Å²) in [7, 11) is -3.61. The summed E-state index contributed by atoms with van der Waals surface area (Å²) in [5.74, 6) is -0.402. The molecule has 0 saturated heterocycles. The van der Waals surface area contributed by atoms with Crippen molar-refractivity contribution in [3.63, 3.8) is 0 Å². The highest BCUT2D eigenvalue weighted by atomic mass is 32.2. The van der Waals surface area contributed by atoms with E-state index in [9.17, 15) is 13.2 Å². The Bertz CT molecular complexity index is 1150. The van der Waals surface area contributed by atoms with Crippen LogP contribution in [0.4, 0.5) is 5.69 Å². The fraction of sp³-hybridized carbons (Fsp3) is 0.316. The van der Waals surface area contributed by atoms with Crippen LogP contribution in [-0.2, 0) is 10.0 Å². The lowest BCUT2D eigenvalue weighted by Gasteiger charge is -2.09. The Morgan fingerprint density at radius 1 is 1.21 bits per heavy atom. The molecular formula is C19H21N5O3S. The quantitative estimate of drug-likeness (QED) is 0.663. The standard InChI is InChI=1S/C19H21N5O3S/c1-12(2)24-18-14(10-21-24)8-16(11-20-18)22-19(25)13-4-3-5-17(9-13)28(26,27)23-15-6-7-15/h3-5,8-12,15,23H,6-7H2,1-2H3,(H,22,25). The van der Waals surface area contributed by atoms with E-state index in [4.69, 9.17) is 0 Å². The lowest BCUT2D eigenvalue weighted by molar-refractivity contribution is 0.102. The molecule has 28 heavy (non-hydrogen) atoms. The monoisotopic (exact) mass is 399 g/mol. The number of fused-ring (bicyclic) bond motifs is 1. The predicted molar refractivity (Wildman–Crippen MR) is 106 cm³/mol. The van der Waals surface area contributed by atoms with E-state index in [1.807, 2.05) is 18.5 Å². The van der Waals surface area contributed by atoms with Crippen LogP contribution >= 0.6 is 0 Å². The van der Waals surface area contributed by atoms with E-state index < -0.39 is 15.9 Å². The molecule has 2 N–H and O–H groups in total. The molecule has 146 valence electrons. The second-order valence-corrected chi connectivity index (χ2v) is 8.91. The van der Waals surface area contributed by atoms with E-state index in [-0.39, 0.29) is 22.5 Å². The van der Waals surface area contributed by atoms with Crippen LogP contribution in [-0.4, -0.2) is 35.1 Å².